The van der Waals surface area contributed by atoms with Crippen molar-refractivity contribution in [3.63, 3.8) is 0 Å². The minimum atomic E-state index is 0.313. The summed E-state index contributed by atoms with van der Waals surface area (Å²) >= 11 is 0. The quantitative estimate of drug-likeness (QED) is 0.756. The van der Waals surface area contributed by atoms with E-state index in [9.17, 15) is 0 Å². The van der Waals surface area contributed by atoms with Crippen molar-refractivity contribution in [1.29, 1.82) is 0 Å². The van der Waals surface area contributed by atoms with Crippen LogP contribution >= 0.6 is 0 Å². The predicted molar refractivity (Wildman–Crippen MR) is 95.3 cm³/mol. The Kier molecular flexibility index (Phi) is 6.95. The molecule has 0 heterocycles. The Morgan fingerprint density at radius 1 is 0.957 bits per heavy atom. The lowest BCUT2D eigenvalue weighted by Crippen LogP contribution is -2.15. The lowest BCUT2D eigenvalue weighted by Gasteiger charge is -2.17. The number of rotatable bonds is 9. The number of hydrogen-bond donors (Lipinski definition) is 1. The van der Waals surface area contributed by atoms with E-state index in [1.165, 1.54) is 11.1 Å². The molecule has 1 unspecified atom stereocenters. The number of nitrogens with two attached hydrogens (primary N) is 1. The maximum Gasteiger partial charge on any atom is 0.161 e. The van der Waals surface area contributed by atoms with Gasteiger partial charge in [0.2, 0.25) is 0 Å². The maximum absolute atomic E-state index is 5.99. The highest BCUT2D eigenvalue weighted by atomic mass is 16.5. The molecule has 3 nitrogen and oxygen atoms in total. The maximum atomic E-state index is 5.99. The smallest absolute Gasteiger partial charge is 0.161 e. The van der Waals surface area contributed by atoms with Gasteiger partial charge in [0.25, 0.3) is 0 Å². The molecule has 0 radical (unpaired) electrons. The lowest BCUT2D eigenvalue weighted by atomic mass is 9.92. The third-order valence-electron chi connectivity index (χ3n) is 3.81. The molecule has 2 N–H and O–H groups in total. The normalized spacial score (nSPS) is 12.0. The summed E-state index contributed by atoms with van der Waals surface area (Å²) < 4.78 is 11.5. The summed E-state index contributed by atoms with van der Waals surface area (Å²) in [7, 11) is 0. The van der Waals surface area contributed by atoms with E-state index >= 15 is 0 Å². The van der Waals surface area contributed by atoms with Gasteiger partial charge in [-0.15, -0.1) is 0 Å². The highest BCUT2D eigenvalue weighted by molar-refractivity contribution is 5.43. The fourth-order valence-corrected chi connectivity index (χ4v) is 2.63. The molecule has 23 heavy (non-hydrogen) atoms. The standard InChI is InChI=1S/C20H27NO2/c1-3-12-23-19-11-10-16(14-20(19)22-4-2)13-18(15-21)17-8-6-5-7-9-17/h5-11,14,18H,3-4,12-13,15,21H2,1-2H3. The zero-order valence-corrected chi connectivity index (χ0v) is 14.1. The summed E-state index contributed by atoms with van der Waals surface area (Å²) in [6, 6.07) is 16.6. The summed E-state index contributed by atoms with van der Waals surface area (Å²) in [6.45, 7) is 6.05. The van der Waals surface area contributed by atoms with Crippen LogP contribution in [0, 0.1) is 0 Å². The highest BCUT2D eigenvalue weighted by Crippen LogP contribution is 2.30. The highest BCUT2D eigenvalue weighted by Gasteiger charge is 2.13. The van der Waals surface area contributed by atoms with Crippen LogP contribution in [0.4, 0.5) is 0 Å². The van der Waals surface area contributed by atoms with Crippen LogP contribution in [0.3, 0.4) is 0 Å². The molecule has 0 saturated carbocycles. The van der Waals surface area contributed by atoms with Gasteiger partial charge in [0.15, 0.2) is 11.5 Å². The van der Waals surface area contributed by atoms with Crippen molar-refractivity contribution in [2.24, 2.45) is 5.73 Å². The van der Waals surface area contributed by atoms with Gasteiger partial charge in [0, 0.05) is 5.92 Å². The van der Waals surface area contributed by atoms with Crippen LogP contribution in [0.15, 0.2) is 48.5 Å². The van der Waals surface area contributed by atoms with E-state index in [-0.39, 0.29) is 0 Å². The molecule has 0 bridgehead atoms. The van der Waals surface area contributed by atoms with Crippen LogP contribution < -0.4 is 15.2 Å². The Balaban J connectivity index is 2.16. The molecule has 124 valence electrons. The van der Waals surface area contributed by atoms with E-state index < -0.39 is 0 Å². The fourth-order valence-electron chi connectivity index (χ4n) is 2.63. The Morgan fingerprint density at radius 3 is 2.39 bits per heavy atom. The third kappa shape index (κ3) is 5.00. The predicted octanol–water partition coefficient (Wildman–Crippen LogP) is 4.16. The van der Waals surface area contributed by atoms with Crippen molar-refractivity contribution in [2.75, 3.05) is 19.8 Å². The molecule has 0 aromatic heterocycles. The summed E-state index contributed by atoms with van der Waals surface area (Å²) in [6.07, 6.45) is 1.88. The molecule has 2 rings (SSSR count). The molecule has 2 aromatic carbocycles. The van der Waals surface area contributed by atoms with E-state index in [2.05, 4.69) is 43.3 Å². The minimum Gasteiger partial charge on any atom is -0.490 e. The number of hydrogen-bond acceptors (Lipinski definition) is 3. The molecule has 1 atom stereocenters. The molecule has 0 aliphatic rings. The first-order chi connectivity index (χ1) is 11.3. The Bertz CT molecular complexity index is 583. The van der Waals surface area contributed by atoms with E-state index in [0.717, 1.165) is 24.3 Å². The molecular weight excluding hydrogens is 286 g/mol. The second kappa shape index (κ2) is 9.21. The summed E-state index contributed by atoms with van der Waals surface area (Å²) in [5, 5.41) is 0. The molecule has 0 amide bonds. The second-order valence-corrected chi connectivity index (χ2v) is 5.61. The molecule has 0 saturated heterocycles. The molecule has 2 aromatic rings. The second-order valence-electron chi connectivity index (χ2n) is 5.61. The molecule has 0 aliphatic carbocycles. The molecule has 0 spiro atoms. The molecule has 3 heteroatoms. The van der Waals surface area contributed by atoms with Crippen molar-refractivity contribution < 1.29 is 9.47 Å². The van der Waals surface area contributed by atoms with Crippen LogP contribution in [0.2, 0.25) is 0 Å². The van der Waals surface area contributed by atoms with Gasteiger partial charge in [-0.3, -0.25) is 0 Å². The van der Waals surface area contributed by atoms with Gasteiger partial charge in [-0.25, -0.2) is 0 Å². The summed E-state index contributed by atoms with van der Waals surface area (Å²) in [4.78, 5) is 0. The average molecular weight is 313 g/mol. The Morgan fingerprint density at radius 2 is 1.74 bits per heavy atom. The van der Waals surface area contributed by atoms with Crippen LogP contribution in [-0.4, -0.2) is 19.8 Å². The first-order valence-electron chi connectivity index (χ1n) is 8.42. The van der Waals surface area contributed by atoms with Crippen LogP contribution in [0.25, 0.3) is 0 Å². The SMILES string of the molecule is CCCOc1ccc(CC(CN)c2ccccc2)cc1OCC. The van der Waals surface area contributed by atoms with Crippen molar-refractivity contribution in [1.82, 2.24) is 0 Å². The van der Waals surface area contributed by atoms with Gasteiger partial charge in [-0.1, -0.05) is 43.3 Å². The van der Waals surface area contributed by atoms with Gasteiger partial charge in [-0.05, 0) is 49.6 Å². The largest absolute Gasteiger partial charge is 0.490 e. The van der Waals surface area contributed by atoms with E-state index in [0.29, 0.717) is 25.7 Å². The molecule has 0 fully saturated rings. The monoisotopic (exact) mass is 313 g/mol. The first-order valence-corrected chi connectivity index (χ1v) is 8.42. The number of ether oxygens (including phenoxy) is 2. The van der Waals surface area contributed by atoms with E-state index in [1.54, 1.807) is 0 Å². The molecule has 0 aliphatic heterocycles. The van der Waals surface area contributed by atoms with Gasteiger partial charge in [-0.2, -0.15) is 0 Å². The first kappa shape index (κ1) is 17.4. The topological polar surface area (TPSA) is 44.5 Å². The summed E-state index contributed by atoms with van der Waals surface area (Å²) in [5.74, 6) is 1.96. The van der Waals surface area contributed by atoms with Crippen molar-refractivity contribution >= 4 is 0 Å². The van der Waals surface area contributed by atoms with Gasteiger partial charge in [0.1, 0.15) is 0 Å². The molecular formula is C20H27NO2. The summed E-state index contributed by atoms with van der Waals surface area (Å²) in [5.41, 5.74) is 8.49. The average Bonchev–Trinajstić information content (AvgIpc) is 2.60. The lowest BCUT2D eigenvalue weighted by molar-refractivity contribution is 0.276. The van der Waals surface area contributed by atoms with E-state index in [1.807, 2.05) is 19.1 Å². The fraction of sp³-hybridized carbons (Fsp3) is 0.400. The van der Waals surface area contributed by atoms with Crippen LogP contribution in [0.1, 0.15) is 37.3 Å². The van der Waals surface area contributed by atoms with Gasteiger partial charge >= 0.3 is 0 Å². The Hall–Kier alpha value is -2.00. The van der Waals surface area contributed by atoms with Crippen molar-refractivity contribution in [2.45, 2.75) is 32.6 Å². The van der Waals surface area contributed by atoms with E-state index in [4.69, 9.17) is 15.2 Å². The third-order valence-corrected chi connectivity index (χ3v) is 3.81. The Labute approximate surface area is 139 Å². The minimum absolute atomic E-state index is 0.313. The van der Waals surface area contributed by atoms with Gasteiger partial charge in [0.05, 0.1) is 13.2 Å². The zero-order chi connectivity index (χ0) is 16.5. The van der Waals surface area contributed by atoms with Crippen LogP contribution in [0.5, 0.6) is 11.5 Å². The number of benzene rings is 2. The zero-order valence-electron chi connectivity index (χ0n) is 14.1. The van der Waals surface area contributed by atoms with Gasteiger partial charge < -0.3 is 15.2 Å². The van der Waals surface area contributed by atoms with Crippen molar-refractivity contribution in [3.8, 4) is 11.5 Å². The van der Waals surface area contributed by atoms with Crippen molar-refractivity contribution in [3.05, 3.63) is 59.7 Å². The van der Waals surface area contributed by atoms with Crippen LogP contribution in [-0.2, 0) is 6.42 Å².